The van der Waals surface area contributed by atoms with Crippen molar-refractivity contribution in [3.05, 3.63) is 59.7 Å². The number of carbonyl (C=O) groups excluding carboxylic acids is 1. The first-order valence-corrected chi connectivity index (χ1v) is 10.9. The van der Waals surface area contributed by atoms with Gasteiger partial charge in [0.2, 0.25) is 0 Å². The van der Waals surface area contributed by atoms with Crippen LogP contribution in [0.5, 0.6) is 0 Å². The van der Waals surface area contributed by atoms with Crippen molar-refractivity contribution >= 4 is 5.91 Å². The second-order valence-corrected chi connectivity index (χ2v) is 8.40. The van der Waals surface area contributed by atoms with Crippen molar-refractivity contribution in [1.82, 2.24) is 9.80 Å². The first-order valence-electron chi connectivity index (χ1n) is 10.9. The molecule has 0 N–H and O–H groups in total. The molecule has 30 heavy (non-hydrogen) atoms. The summed E-state index contributed by atoms with van der Waals surface area (Å²) in [5.74, 6) is 0.0203. The predicted octanol–water partition coefficient (Wildman–Crippen LogP) is 5.60. The maximum absolute atomic E-state index is 12.2. The molecule has 2 aromatic rings. The SMILES string of the molecule is CC.CN(C)C(=O)c1cccc(-c2ccc(CN3CCC(C)(CC#N)CC3)cc2)c1. The number of hydrogen-bond acceptors (Lipinski definition) is 3. The fraction of sp³-hybridized carbons (Fsp3) is 0.462. The van der Waals surface area contributed by atoms with Crippen LogP contribution in [0, 0.1) is 16.7 Å². The molecule has 4 heteroatoms. The summed E-state index contributed by atoms with van der Waals surface area (Å²) in [7, 11) is 3.54. The third-order valence-electron chi connectivity index (χ3n) is 5.78. The van der Waals surface area contributed by atoms with Gasteiger partial charge in [-0.1, -0.05) is 57.2 Å². The van der Waals surface area contributed by atoms with Crippen LogP contribution in [-0.4, -0.2) is 42.9 Å². The van der Waals surface area contributed by atoms with Gasteiger partial charge in [0, 0.05) is 32.6 Å². The topological polar surface area (TPSA) is 47.3 Å². The van der Waals surface area contributed by atoms with Gasteiger partial charge in [0.15, 0.2) is 0 Å². The van der Waals surface area contributed by atoms with E-state index in [9.17, 15) is 4.79 Å². The van der Waals surface area contributed by atoms with Crippen LogP contribution in [0.3, 0.4) is 0 Å². The Morgan fingerprint density at radius 3 is 2.27 bits per heavy atom. The number of rotatable bonds is 5. The van der Waals surface area contributed by atoms with Crippen molar-refractivity contribution < 1.29 is 4.79 Å². The maximum Gasteiger partial charge on any atom is 0.253 e. The van der Waals surface area contributed by atoms with Crippen LogP contribution < -0.4 is 0 Å². The zero-order valence-electron chi connectivity index (χ0n) is 19.1. The Morgan fingerprint density at radius 1 is 1.07 bits per heavy atom. The minimum Gasteiger partial charge on any atom is -0.345 e. The molecule has 1 aliphatic heterocycles. The lowest BCUT2D eigenvalue weighted by Crippen LogP contribution is -2.38. The highest BCUT2D eigenvalue weighted by Gasteiger charge is 2.29. The van der Waals surface area contributed by atoms with Gasteiger partial charge in [0.1, 0.15) is 0 Å². The van der Waals surface area contributed by atoms with E-state index >= 15 is 0 Å². The molecule has 0 unspecified atom stereocenters. The van der Waals surface area contributed by atoms with E-state index in [1.165, 1.54) is 5.56 Å². The number of benzene rings is 2. The minimum atomic E-state index is 0.0203. The molecule has 4 nitrogen and oxygen atoms in total. The lowest BCUT2D eigenvalue weighted by atomic mass is 9.78. The number of nitriles is 1. The fourth-order valence-corrected chi connectivity index (χ4v) is 3.77. The zero-order valence-corrected chi connectivity index (χ0v) is 19.1. The molecule has 0 atom stereocenters. The Morgan fingerprint density at radius 2 is 1.70 bits per heavy atom. The van der Waals surface area contributed by atoms with E-state index in [2.05, 4.69) is 42.2 Å². The molecule has 1 saturated heterocycles. The quantitative estimate of drug-likeness (QED) is 0.651. The predicted molar refractivity (Wildman–Crippen MR) is 124 cm³/mol. The van der Waals surface area contributed by atoms with Crippen LogP contribution in [0.4, 0.5) is 0 Å². The Hall–Kier alpha value is -2.64. The van der Waals surface area contributed by atoms with Crippen molar-refractivity contribution in [3.63, 3.8) is 0 Å². The highest BCUT2D eigenvalue weighted by molar-refractivity contribution is 5.95. The highest BCUT2D eigenvalue weighted by Crippen LogP contribution is 2.34. The first kappa shape index (κ1) is 23.6. The summed E-state index contributed by atoms with van der Waals surface area (Å²) in [6.07, 6.45) is 2.83. The van der Waals surface area contributed by atoms with Crippen LogP contribution in [0.25, 0.3) is 11.1 Å². The van der Waals surface area contributed by atoms with Crippen LogP contribution in [0.2, 0.25) is 0 Å². The van der Waals surface area contributed by atoms with E-state index in [1.807, 2.05) is 38.1 Å². The number of hydrogen-bond donors (Lipinski definition) is 0. The number of carbonyl (C=O) groups is 1. The van der Waals surface area contributed by atoms with Gasteiger partial charge in [-0.05, 0) is 60.2 Å². The third kappa shape index (κ3) is 6.18. The normalized spacial score (nSPS) is 15.5. The molecule has 0 radical (unpaired) electrons. The van der Waals surface area contributed by atoms with E-state index in [-0.39, 0.29) is 11.3 Å². The van der Waals surface area contributed by atoms with Gasteiger partial charge in [0.25, 0.3) is 5.91 Å². The number of amides is 1. The summed E-state index contributed by atoms with van der Waals surface area (Å²) in [6, 6.07) is 18.8. The zero-order chi connectivity index (χ0) is 22.1. The molecule has 0 aromatic heterocycles. The standard InChI is InChI=1S/C24H29N3O.C2H6/c1-24(11-14-25)12-15-27(16-13-24)18-19-7-9-20(10-8-19)21-5-4-6-22(17-21)23(28)26(2)3;1-2/h4-10,17H,11-13,15-16,18H2,1-3H3;1-2H3. The Labute approximate surface area is 182 Å². The molecule has 2 aromatic carbocycles. The van der Waals surface area contributed by atoms with Crippen molar-refractivity contribution in [1.29, 1.82) is 5.26 Å². The Bertz CT molecular complexity index is 857. The lowest BCUT2D eigenvalue weighted by Gasteiger charge is -2.38. The van der Waals surface area contributed by atoms with Gasteiger partial charge in [-0.3, -0.25) is 9.69 Å². The Balaban J connectivity index is 0.00000155. The largest absolute Gasteiger partial charge is 0.345 e. The first-order chi connectivity index (χ1) is 14.4. The highest BCUT2D eigenvalue weighted by atomic mass is 16.2. The molecule has 1 amide bonds. The summed E-state index contributed by atoms with van der Waals surface area (Å²) < 4.78 is 0. The average molecular weight is 406 g/mol. The van der Waals surface area contributed by atoms with Crippen molar-refractivity contribution in [2.75, 3.05) is 27.2 Å². The van der Waals surface area contributed by atoms with E-state index in [1.54, 1.807) is 19.0 Å². The second kappa shape index (κ2) is 10.9. The van der Waals surface area contributed by atoms with Gasteiger partial charge in [0.05, 0.1) is 6.07 Å². The smallest absolute Gasteiger partial charge is 0.253 e. The van der Waals surface area contributed by atoms with Crippen molar-refractivity contribution in [2.45, 2.75) is 46.6 Å². The van der Waals surface area contributed by atoms with Crippen LogP contribution in [0.15, 0.2) is 48.5 Å². The van der Waals surface area contributed by atoms with E-state index in [0.29, 0.717) is 12.0 Å². The van der Waals surface area contributed by atoms with Crippen LogP contribution in [-0.2, 0) is 6.54 Å². The average Bonchev–Trinajstić information content (AvgIpc) is 2.77. The summed E-state index contributed by atoms with van der Waals surface area (Å²) in [5, 5.41) is 8.99. The molecule has 1 heterocycles. The molecule has 1 fully saturated rings. The number of likely N-dealkylation sites (tertiary alicyclic amines) is 1. The van der Waals surface area contributed by atoms with Crippen LogP contribution in [0.1, 0.15) is 56.0 Å². The van der Waals surface area contributed by atoms with Gasteiger partial charge in [-0.25, -0.2) is 0 Å². The summed E-state index contributed by atoms with van der Waals surface area (Å²) >= 11 is 0. The number of piperidine rings is 1. The molecular formula is C26H35N3O. The molecule has 1 aliphatic rings. The summed E-state index contributed by atoms with van der Waals surface area (Å²) in [5.41, 5.74) is 4.37. The van der Waals surface area contributed by atoms with Gasteiger partial charge >= 0.3 is 0 Å². The molecule has 0 bridgehead atoms. The monoisotopic (exact) mass is 405 g/mol. The Kier molecular flexibility index (Phi) is 8.62. The second-order valence-electron chi connectivity index (χ2n) is 8.40. The fourth-order valence-electron chi connectivity index (χ4n) is 3.77. The minimum absolute atomic E-state index is 0.0203. The van der Waals surface area contributed by atoms with Crippen LogP contribution >= 0.6 is 0 Å². The third-order valence-corrected chi connectivity index (χ3v) is 5.78. The molecule has 0 aliphatic carbocycles. The maximum atomic E-state index is 12.2. The molecule has 3 rings (SSSR count). The molecule has 0 saturated carbocycles. The molecular weight excluding hydrogens is 370 g/mol. The lowest BCUT2D eigenvalue weighted by molar-refractivity contribution is 0.0827. The van der Waals surface area contributed by atoms with E-state index < -0.39 is 0 Å². The number of nitrogens with zero attached hydrogens (tertiary/aromatic N) is 3. The van der Waals surface area contributed by atoms with Crippen molar-refractivity contribution in [2.24, 2.45) is 5.41 Å². The summed E-state index contributed by atoms with van der Waals surface area (Å²) in [6.45, 7) is 9.28. The van der Waals surface area contributed by atoms with Gasteiger partial charge in [-0.15, -0.1) is 0 Å². The summed E-state index contributed by atoms with van der Waals surface area (Å²) in [4.78, 5) is 16.3. The molecule has 0 spiro atoms. The van der Waals surface area contributed by atoms with Gasteiger partial charge in [-0.2, -0.15) is 5.26 Å². The molecule has 160 valence electrons. The van der Waals surface area contributed by atoms with Crippen molar-refractivity contribution in [3.8, 4) is 17.2 Å². The van der Waals surface area contributed by atoms with Gasteiger partial charge < -0.3 is 4.90 Å². The van der Waals surface area contributed by atoms with E-state index in [4.69, 9.17) is 5.26 Å². The van der Waals surface area contributed by atoms with E-state index in [0.717, 1.165) is 43.6 Å².